The molecule has 0 aliphatic carbocycles. The lowest BCUT2D eigenvalue weighted by Crippen LogP contribution is -2.09. The second-order valence-electron chi connectivity index (χ2n) is 6.10. The molecule has 3 rings (SSSR count). The number of hydrogen-bond donors (Lipinski definition) is 0. The molecule has 0 spiro atoms. The average molecular weight is 405 g/mol. The minimum absolute atomic E-state index is 0.0356. The maximum Gasteiger partial charge on any atom is 0.276 e. The highest BCUT2D eigenvalue weighted by molar-refractivity contribution is 8.00. The van der Waals surface area contributed by atoms with Gasteiger partial charge >= 0.3 is 0 Å². The zero-order valence-corrected chi connectivity index (χ0v) is 16.9. The summed E-state index contributed by atoms with van der Waals surface area (Å²) in [5.74, 6) is 1.22. The van der Waals surface area contributed by atoms with Crippen LogP contribution in [-0.2, 0) is 9.84 Å². The van der Waals surface area contributed by atoms with Crippen LogP contribution in [-0.4, -0.2) is 37.2 Å². The summed E-state index contributed by atoms with van der Waals surface area (Å²) in [6.07, 6.45) is 0. The fourth-order valence-electron chi connectivity index (χ4n) is 2.63. The molecule has 0 atom stereocenters. The molecule has 27 heavy (non-hydrogen) atoms. The number of thioether (sulfide) groups is 1. The summed E-state index contributed by atoms with van der Waals surface area (Å²) >= 11 is 1.23. The second-order valence-corrected chi connectivity index (χ2v) is 9.25. The van der Waals surface area contributed by atoms with Crippen molar-refractivity contribution >= 4 is 21.6 Å². The maximum atomic E-state index is 12.5. The van der Waals surface area contributed by atoms with Crippen LogP contribution < -0.4 is 4.74 Å². The molecule has 0 unspecified atom stereocenters. The lowest BCUT2D eigenvalue weighted by atomic mass is 10.1. The van der Waals surface area contributed by atoms with Crippen molar-refractivity contribution in [1.82, 2.24) is 10.2 Å². The Morgan fingerprint density at radius 2 is 1.81 bits per heavy atom. The van der Waals surface area contributed by atoms with E-state index in [-0.39, 0.29) is 10.6 Å². The van der Waals surface area contributed by atoms with Gasteiger partial charge in [-0.1, -0.05) is 35.0 Å². The SMILES string of the molecule is COc1cccc(S(=O)(=O)CCSc2nnc(-c3cc(C)cc(C)c3)o2)c1. The molecule has 0 fully saturated rings. The predicted octanol–water partition coefficient (Wildman–Crippen LogP) is 3.93. The first-order chi connectivity index (χ1) is 12.9. The minimum atomic E-state index is -3.41. The molecule has 0 N–H and O–H groups in total. The van der Waals surface area contributed by atoms with Gasteiger partial charge < -0.3 is 9.15 Å². The van der Waals surface area contributed by atoms with Gasteiger partial charge in [-0.05, 0) is 44.2 Å². The molecule has 142 valence electrons. The molecule has 0 saturated heterocycles. The molecule has 3 aromatic rings. The highest BCUT2D eigenvalue weighted by Crippen LogP contribution is 2.26. The van der Waals surface area contributed by atoms with Gasteiger partial charge in [0.05, 0.1) is 17.8 Å². The maximum absolute atomic E-state index is 12.5. The second kappa shape index (κ2) is 8.14. The van der Waals surface area contributed by atoms with Crippen LogP contribution in [0.25, 0.3) is 11.5 Å². The van der Waals surface area contributed by atoms with Gasteiger partial charge in [0.1, 0.15) is 5.75 Å². The number of nitrogens with zero attached hydrogens (tertiary/aromatic N) is 2. The van der Waals surface area contributed by atoms with E-state index in [0.29, 0.717) is 22.6 Å². The Kier molecular flexibility index (Phi) is 5.86. The molecule has 1 heterocycles. The van der Waals surface area contributed by atoms with Gasteiger partial charge in [0.15, 0.2) is 9.84 Å². The predicted molar refractivity (Wildman–Crippen MR) is 105 cm³/mol. The van der Waals surface area contributed by atoms with Crippen LogP contribution in [0.4, 0.5) is 0 Å². The number of sulfone groups is 1. The van der Waals surface area contributed by atoms with Gasteiger partial charge in [-0.15, -0.1) is 10.2 Å². The third-order valence-electron chi connectivity index (χ3n) is 3.85. The summed E-state index contributed by atoms with van der Waals surface area (Å²) < 4.78 is 35.7. The summed E-state index contributed by atoms with van der Waals surface area (Å²) in [6.45, 7) is 4.01. The lowest BCUT2D eigenvalue weighted by molar-refractivity contribution is 0.413. The molecule has 0 aliphatic rings. The van der Waals surface area contributed by atoms with Crippen molar-refractivity contribution in [2.75, 3.05) is 18.6 Å². The Bertz CT molecular complexity index is 1030. The fraction of sp³-hybridized carbons (Fsp3) is 0.263. The summed E-state index contributed by atoms with van der Waals surface area (Å²) in [4.78, 5) is 0.240. The fourth-order valence-corrected chi connectivity index (χ4v) is 5.07. The first kappa shape index (κ1) is 19.4. The molecule has 8 heteroatoms. The van der Waals surface area contributed by atoms with Crippen LogP contribution >= 0.6 is 11.8 Å². The van der Waals surface area contributed by atoms with Gasteiger partial charge in [-0.3, -0.25) is 0 Å². The van der Waals surface area contributed by atoms with Crippen LogP contribution in [0.5, 0.6) is 5.75 Å². The molecule has 0 radical (unpaired) electrons. The number of methoxy groups -OCH3 is 1. The molecular formula is C19H20N2O4S2. The topological polar surface area (TPSA) is 82.3 Å². The Hall–Kier alpha value is -2.32. The first-order valence-corrected chi connectivity index (χ1v) is 10.9. The summed E-state index contributed by atoms with van der Waals surface area (Å²) in [6, 6.07) is 12.5. The van der Waals surface area contributed by atoms with Crippen molar-refractivity contribution in [1.29, 1.82) is 0 Å². The third-order valence-corrected chi connectivity index (χ3v) is 6.65. The number of benzene rings is 2. The highest BCUT2D eigenvalue weighted by Gasteiger charge is 2.17. The van der Waals surface area contributed by atoms with Crippen molar-refractivity contribution in [3.05, 3.63) is 53.6 Å². The van der Waals surface area contributed by atoms with Crippen LogP contribution in [0, 0.1) is 13.8 Å². The monoisotopic (exact) mass is 404 g/mol. The summed E-state index contributed by atoms with van der Waals surface area (Å²) in [5, 5.41) is 8.42. The molecule has 0 amide bonds. The molecule has 0 saturated carbocycles. The van der Waals surface area contributed by atoms with E-state index in [2.05, 4.69) is 16.3 Å². The smallest absolute Gasteiger partial charge is 0.276 e. The van der Waals surface area contributed by atoms with E-state index >= 15 is 0 Å². The van der Waals surface area contributed by atoms with Crippen molar-refractivity contribution in [2.45, 2.75) is 24.0 Å². The van der Waals surface area contributed by atoms with E-state index in [1.165, 1.54) is 24.9 Å². The summed E-state index contributed by atoms with van der Waals surface area (Å²) in [7, 11) is -1.91. The number of ether oxygens (including phenoxy) is 1. The van der Waals surface area contributed by atoms with Crippen molar-refractivity contribution in [2.24, 2.45) is 0 Å². The Labute approximate surface area is 162 Å². The Morgan fingerprint density at radius 1 is 1.07 bits per heavy atom. The summed E-state index contributed by atoms with van der Waals surface area (Å²) in [5.41, 5.74) is 3.08. The number of aryl methyl sites for hydroxylation is 2. The van der Waals surface area contributed by atoms with E-state index in [4.69, 9.17) is 9.15 Å². The molecule has 0 bridgehead atoms. The van der Waals surface area contributed by atoms with Crippen LogP contribution in [0.2, 0.25) is 0 Å². The van der Waals surface area contributed by atoms with Gasteiger partial charge in [0, 0.05) is 11.3 Å². The van der Waals surface area contributed by atoms with Crippen LogP contribution in [0.15, 0.2) is 57.0 Å². The molecule has 1 aromatic heterocycles. The standard InChI is InChI=1S/C19H20N2O4S2/c1-13-9-14(2)11-15(10-13)18-20-21-19(25-18)26-7-8-27(22,23)17-6-4-5-16(12-17)24-3/h4-6,9-12H,7-8H2,1-3H3. The largest absolute Gasteiger partial charge is 0.497 e. The zero-order chi connectivity index (χ0) is 19.4. The normalized spacial score (nSPS) is 11.5. The van der Waals surface area contributed by atoms with Crippen molar-refractivity contribution in [3.8, 4) is 17.2 Å². The average Bonchev–Trinajstić information content (AvgIpc) is 3.10. The van der Waals surface area contributed by atoms with E-state index in [1.54, 1.807) is 18.2 Å². The quantitative estimate of drug-likeness (QED) is 0.552. The number of aromatic nitrogens is 2. The minimum Gasteiger partial charge on any atom is -0.497 e. The van der Waals surface area contributed by atoms with E-state index in [0.717, 1.165) is 16.7 Å². The third kappa shape index (κ3) is 4.90. The lowest BCUT2D eigenvalue weighted by Gasteiger charge is -2.05. The Balaban J connectivity index is 1.65. The number of hydrogen-bond acceptors (Lipinski definition) is 7. The first-order valence-electron chi connectivity index (χ1n) is 8.29. The van der Waals surface area contributed by atoms with Gasteiger partial charge in [-0.2, -0.15) is 0 Å². The van der Waals surface area contributed by atoms with E-state index in [9.17, 15) is 8.42 Å². The van der Waals surface area contributed by atoms with Gasteiger partial charge in [0.2, 0.25) is 5.89 Å². The van der Waals surface area contributed by atoms with Gasteiger partial charge in [0.25, 0.3) is 5.22 Å². The Morgan fingerprint density at radius 3 is 2.52 bits per heavy atom. The zero-order valence-electron chi connectivity index (χ0n) is 15.3. The molecular weight excluding hydrogens is 384 g/mol. The van der Waals surface area contributed by atoms with Crippen molar-refractivity contribution in [3.63, 3.8) is 0 Å². The molecule has 2 aromatic carbocycles. The molecule has 6 nitrogen and oxygen atoms in total. The molecule has 0 aliphatic heterocycles. The number of rotatable bonds is 7. The van der Waals surface area contributed by atoms with E-state index in [1.807, 2.05) is 26.0 Å². The van der Waals surface area contributed by atoms with Crippen molar-refractivity contribution < 1.29 is 17.6 Å². The van der Waals surface area contributed by atoms with Crippen LogP contribution in [0.1, 0.15) is 11.1 Å². The van der Waals surface area contributed by atoms with E-state index < -0.39 is 9.84 Å². The van der Waals surface area contributed by atoms with Gasteiger partial charge in [-0.25, -0.2) is 8.42 Å². The van der Waals surface area contributed by atoms with Crippen LogP contribution in [0.3, 0.4) is 0 Å². The highest BCUT2D eigenvalue weighted by atomic mass is 32.2.